The minimum absolute atomic E-state index is 0.104. The second-order valence-corrected chi connectivity index (χ2v) is 4.20. The van der Waals surface area contributed by atoms with Crippen LogP contribution in [0.2, 0.25) is 0 Å². The van der Waals surface area contributed by atoms with E-state index in [0.29, 0.717) is 6.07 Å². The van der Waals surface area contributed by atoms with E-state index in [-0.39, 0.29) is 17.8 Å². The van der Waals surface area contributed by atoms with Crippen molar-refractivity contribution in [2.45, 2.75) is 6.04 Å². The molecule has 0 heterocycles. The fourth-order valence-electron chi connectivity index (χ4n) is 1.83. The average Bonchev–Trinajstić information content (AvgIpc) is 2.42. The lowest BCUT2D eigenvalue weighted by Crippen LogP contribution is -2.22. The van der Waals surface area contributed by atoms with Gasteiger partial charge in [0.1, 0.15) is 11.6 Å². The van der Waals surface area contributed by atoms with Gasteiger partial charge in [-0.1, -0.05) is 12.1 Å². The van der Waals surface area contributed by atoms with E-state index in [1.54, 1.807) is 6.07 Å². The van der Waals surface area contributed by atoms with E-state index in [9.17, 15) is 17.6 Å². The van der Waals surface area contributed by atoms with Gasteiger partial charge in [0.05, 0.1) is 11.7 Å². The topological polar surface area (TPSA) is 38.0 Å². The maximum atomic E-state index is 13.7. The van der Waals surface area contributed by atoms with Crippen LogP contribution in [0, 0.1) is 23.3 Å². The van der Waals surface area contributed by atoms with Crippen LogP contribution in [-0.4, -0.2) is 6.54 Å². The number of halogens is 4. The second kappa shape index (κ2) is 5.92. The Morgan fingerprint density at radius 1 is 0.900 bits per heavy atom. The number of anilines is 1. The molecule has 0 aliphatic carbocycles. The molecule has 2 aromatic carbocycles. The molecule has 0 saturated carbocycles. The lowest BCUT2D eigenvalue weighted by molar-refractivity contribution is 0.486. The quantitative estimate of drug-likeness (QED) is 0.667. The molecular formula is C14H12F4N2. The molecule has 1 atom stereocenters. The van der Waals surface area contributed by atoms with Gasteiger partial charge < -0.3 is 11.1 Å². The Bertz CT molecular complexity index is 616. The first kappa shape index (κ1) is 14.3. The molecule has 0 aliphatic heterocycles. The number of nitrogens with two attached hydrogens (primary N) is 1. The number of benzene rings is 2. The fourth-order valence-corrected chi connectivity index (χ4v) is 1.83. The van der Waals surface area contributed by atoms with Gasteiger partial charge in [0.15, 0.2) is 11.6 Å². The summed E-state index contributed by atoms with van der Waals surface area (Å²) in [7, 11) is 0. The lowest BCUT2D eigenvalue weighted by Gasteiger charge is -2.19. The Balaban J connectivity index is 2.34. The van der Waals surface area contributed by atoms with Crippen LogP contribution in [0.1, 0.15) is 11.6 Å². The third-order valence-corrected chi connectivity index (χ3v) is 2.85. The van der Waals surface area contributed by atoms with Gasteiger partial charge in [-0.15, -0.1) is 0 Å². The number of hydrogen-bond donors (Lipinski definition) is 2. The Morgan fingerprint density at radius 2 is 1.55 bits per heavy atom. The standard InChI is InChI=1S/C14H12F4N2/c15-9-3-1-2-4-13(9)20-14(7-19)8-5-11(17)12(18)6-10(8)16/h1-6,14,20H,7,19H2. The van der Waals surface area contributed by atoms with Crippen LogP contribution in [0.3, 0.4) is 0 Å². The molecule has 2 nitrogen and oxygen atoms in total. The molecule has 20 heavy (non-hydrogen) atoms. The Morgan fingerprint density at radius 3 is 2.20 bits per heavy atom. The van der Waals surface area contributed by atoms with Crippen molar-refractivity contribution in [2.75, 3.05) is 11.9 Å². The summed E-state index contributed by atoms with van der Waals surface area (Å²) < 4.78 is 53.3. The SMILES string of the molecule is NCC(Nc1ccccc1F)c1cc(F)c(F)cc1F. The summed E-state index contributed by atoms with van der Waals surface area (Å²) in [5.41, 5.74) is 5.44. The summed E-state index contributed by atoms with van der Waals surface area (Å²) in [6.07, 6.45) is 0. The van der Waals surface area contributed by atoms with Crippen molar-refractivity contribution < 1.29 is 17.6 Å². The van der Waals surface area contributed by atoms with Gasteiger partial charge in [-0.25, -0.2) is 17.6 Å². The molecule has 1 unspecified atom stereocenters. The predicted molar refractivity (Wildman–Crippen MR) is 68.1 cm³/mol. The molecule has 3 N–H and O–H groups in total. The van der Waals surface area contributed by atoms with E-state index in [0.717, 1.165) is 6.07 Å². The van der Waals surface area contributed by atoms with Crippen LogP contribution >= 0.6 is 0 Å². The maximum absolute atomic E-state index is 13.7. The molecule has 2 aromatic rings. The van der Waals surface area contributed by atoms with Gasteiger partial charge in [0.2, 0.25) is 0 Å². The van der Waals surface area contributed by atoms with Gasteiger partial charge in [0, 0.05) is 18.2 Å². The first-order valence-electron chi connectivity index (χ1n) is 5.88. The smallest absolute Gasteiger partial charge is 0.161 e. The summed E-state index contributed by atoms with van der Waals surface area (Å²) in [6, 6.07) is 6.03. The Hall–Kier alpha value is -2.08. The molecule has 0 bridgehead atoms. The maximum Gasteiger partial charge on any atom is 0.161 e. The van der Waals surface area contributed by atoms with Gasteiger partial charge in [0.25, 0.3) is 0 Å². The summed E-state index contributed by atoms with van der Waals surface area (Å²) in [5, 5.41) is 2.67. The zero-order valence-electron chi connectivity index (χ0n) is 10.3. The van der Waals surface area contributed by atoms with Crippen LogP contribution in [-0.2, 0) is 0 Å². The number of para-hydroxylation sites is 1. The van der Waals surface area contributed by atoms with Gasteiger partial charge in [-0.3, -0.25) is 0 Å². The molecule has 0 fully saturated rings. The zero-order chi connectivity index (χ0) is 14.7. The third-order valence-electron chi connectivity index (χ3n) is 2.85. The van der Waals surface area contributed by atoms with E-state index in [2.05, 4.69) is 5.32 Å². The molecule has 0 amide bonds. The van der Waals surface area contributed by atoms with Gasteiger partial charge in [-0.05, 0) is 18.2 Å². The van der Waals surface area contributed by atoms with E-state index in [1.165, 1.54) is 18.2 Å². The summed E-state index contributed by atoms with van der Waals surface area (Å²) in [4.78, 5) is 0. The molecule has 106 valence electrons. The normalized spacial score (nSPS) is 12.2. The van der Waals surface area contributed by atoms with Crippen molar-refractivity contribution in [3.63, 3.8) is 0 Å². The summed E-state index contributed by atoms with van der Waals surface area (Å²) in [5.74, 6) is -3.96. The molecule has 0 saturated heterocycles. The first-order chi connectivity index (χ1) is 9.52. The molecule has 6 heteroatoms. The molecule has 0 aliphatic rings. The lowest BCUT2D eigenvalue weighted by atomic mass is 10.1. The van der Waals surface area contributed by atoms with Gasteiger partial charge in [-0.2, -0.15) is 0 Å². The van der Waals surface area contributed by atoms with Crippen molar-refractivity contribution in [3.8, 4) is 0 Å². The van der Waals surface area contributed by atoms with E-state index in [4.69, 9.17) is 5.73 Å². The molecule has 0 spiro atoms. The van der Waals surface area contributed by atoms with E-state index >= 15 is 0 Å². The van der Waals surface area contributed by atoms with Crippen molar-refractivity contribution in [2.24, 2.45) is 5.73 Å². The molecule has 2 rings (SSSR count). The van der Waals surface area contributed by atoms with Crippen LogP contribution in [0.25, 0.3) is 0 Å². The zero-order valence-corrected chi connectivity index (χ0v) is 10.3. The van der Waals surface area contributed by atoms with Crippen LogP contribution < -0.4 is 11.1 Å². The van der Waals surface area contributed by atoms with Crippen LogP contribution in [0.5, 0.6) is 0 Å². The van der Waals surface area contributed by atoms with E-state index < -0.39 is 29.3 Å². The molecule has 0 aromatic heterocycles. The van der Waals surface area contributed by atoms with Crippen LogP contribution in [0.4, 0.5) is 23.2 Å². The first-order valence-corrected chi connectivity index (χ1v) is 5.88. The summed E-state index contributed by atoms with van der Waals surface area (Å²) in [6.45, 7) is -0.115. The minimum Gasteiger partial charge on any atom is -0.374 e. The van der Waals surface area contributed by atoms with E-state index in [1.807, 2.05) is 0 Å². The highest BCUT2D eigenvalue weighted by Crippen LogP contribution is 2.24. The highest BCUT2D eigenvalue weighted by Gasteiger charge is 2.18. The van der Waals surface area contributed by atoms with Crippen LogP contribution in [0.15, 0.2) is 36.4 Å². The Labute approximate surface area is 113 Å². The summed E-state index contributed by atoms with van der Waals surface area (Å²) >= 11 is 0. The fraction of sp³-hybridized carbons (Fsp3) is 0.143. The average molecular weight is 284 g/mol. The van der Waals surface area contributed by atoms with Crippen molar-refractivity contribution in [1.82, 2.24) is 0 Å². The van der Waals surface area contributed by atoms with Crippen molar-refractivity contribution >= 4 is 5.69 Å². The number of nitrogens with one attached hydrogen (secondary N) is 1. The molecular weight excluding hydrogens is 272 g/mol. The predicted octanol–water partition coefficient (Wildman–Crippen LogP) is 3.35. The number of hydrogen-bond acceptors (Lipinski definition) is 2. The van der Waals surface area contributed by atoms with Crippen molar-refractivity contribution in [3.05, 3.63) is 65.2 Å². The third kappa shape index (κ3) is 2.91. The number of rotatable bonds is 4. The van der Waals surface area contributed by atoms with Gasteiger partial charge >= 0.3 is 0 Å². The minimum atomic E-state index is -1.28. The largest absolute Gasteiger partial charge is 0.374 e. The monoisotopic (exact) mass is 284 g/mol. The Kier molecular flexibility index (Phi) is 4.24. The highest BCUT2D eigenvalue weighted by atomic mass is 19.2. The second-order valence-electron chi connectivity index (χ2n) is 4.20. The molecule has 0 radical (unpaired) electrons. The van der Waals surface area contributed by atoms with Crippen molar-refractivity contribution in [1.29, 1.82) is 0 Å². The highest BCUT2D eigenvalue weighted by molar-refractivity contribution is 5.47.